The van der Waals surface area contributed by atoms with Gasteiger partial charge in [-0.15, -0.1) is 0 Å². The van der Waals surface area contributed by atoms with E-state index >= 15 is 0 Å². The molecule has 108 valence electrons. The Kier molecular flexibility index (Phi) is 3.48. The van der Waals surface area contributed by atoms with E-state index in [1.807, 2.05) is 27.0 Å². The smallest absolute Gasteiger partial charge is 0.249 e. The summed E-state index contributed by atoms with van der Waals surface area (Å²) in [4.78, 5) is 21.2. The zero-order valence-corrected chi connectivity index (χ0v) is 13.8. The Labute approximate surface area is 128 Å². The number of carbonyl (C=O) groups excluding carboxylic acids is 1. The predicted molar refractivity (Wildman–Crippen MR) is 84.3 cm³/mol. The molecular formula is C15H20BrN3O. The SMILES string of the molecule is Cc1cc(Br)nc2c1N(C)C(=O)C(C)N2C1CCCC1. The number of fused-ring (bicyclic) bond motifs is 1. The van der Waals surface area contributed by atoms with Gasteiger partial charge in [-0.2, -0.15) is 0 Å². The van der Waals surface area contributed by atoms with Crippen LogP contribution in [0.3, 0.4) is 0 Å². The normalized spacial score (nSPS) is 23.4. The fourth-order valence-electron chi connectivity index (χ4n) is 3.57. The number of likely N-dealkylation sites (N-methyl/N-ethyl adjacent to an activating group) is 1. The van der Waals surface area contributed by atoms with Crippen molar-refractivity contribution in [3.8, 4) is 0 Å². The topological polar surface area (TPSA) is 36.4 Å². The van der Waals surface area contributed by atoms with E-state index in [0.29, 0.717) is 6.04 Å². The summed E-state index contributed by atoms with van der Waals surface area (Å²) in [5.74, 6) is 1.12. The van der Waals surface area contributed by atoms with Gasteiger partial charge in [-0.1, -0.05) is 12.8 Å². The third-order valence-electron chi connectivity index (χ3n) is 4.54. The largest absolute Gasteiger partial charge is 0.340 e. The van der Waals surface area contributed by atoms with E-state index in [0.717, 1.165) is 34.5 Å². The van der Waals surface area contributed by atoms with Crippen molar-refractivity contribution in [2.75, 3.05) is 16.8 Å². The number of carbonyl (C=O) groups is 1. The van der Waals surface area contributed by atoms with Crippen molar-refractivity contribution in [3.63, 3.8) is 0 Å². The number of amides is 1. The molecular weight excluding hydrogens is 318 g/mol. The molecule has 0 aromatic carbocycles. The van der Waals surface area contributed by atoms with Crippen LogP contribution in [0.4, 0.5) is 11.5 Å². The molecule has 2 aliphatic rings. The van der Waals surface area contributed by atoms with Gasteiger partial charge in [0.2, 0.25) is 5.91 Å². The summed E-state index contributed by atoms with van der Waals surface area (Å²) in [5, 5.41) is 0. The third kappa shape index (κ3) is 2.03. The average molecular weight is 338 g/mol. The highest BCUT2D eigenvalue weighted by molar-refractivity contribution is 9.10. The first-order valence-electron chi connectivity index (χ1n) is 7.23. The number of halogens is 1. The van der Waals surface area contributed by atoms with Gasteiger partial charge in [0, 0.05) is 13.1 Å². The Bertz CT molecular complexity index is 554. The summed E-state index contributed by atoms with van der Waals surface area (Å²) in [6, 6.07) is 2.30. The van der Waals surface area contributed by atoms with Crippen LogP contribution in [0.25, 0.3) is 0 Å². The molecule has 3 rings (SSSR count). The summed E-state index contributed by atoms with van der Waals surface area (Å²) in [5.41, 5.74) is 2.05. The van der Waals surface area contributed by atoms with Crippen LogP contribution in [-0.4, -0.2) is 30.0 Å². The summed E-state index contributed by atoms with van der Waals surface area (Å²) in [6.07, 6.45) is 4.82. The fourth-order valence-corrected chi connectivity index (χ4v) is 4.08. The number of aryl methyl sites for hydroxylation is 1. The minimum Gasteiger partial charge on any atom is -0.340 e. The van der Waals surface area contributed by atoms with Gasteiger partial charge >= 0.3 is 0 Å². The molecule has 5 heteroatoms. The molecule has 1 unspecified atom stereocenters. The van der Waals surface area contributed by atoms with Crippen LogP contribution in [0.2, 0.25) is 0 Å². The first kappa shape index (κ1) is 13.9. The first-order valence-corrected chi connectivity index (χ1v) is 8.03. The quantitative estimate of drug-likeness (QED) is 0.738. The fraction of sp³-hybridized carbons (Fsp3) is 0.600. The molecule has 20 heavy (non-hydrogen) atoms. The monoisotopic (exact) mass is 337 g/mol. The molecule has 2 heterocycles. The second kappa shape index (κ2) is 5.02. The van der Waals surface area contributed by atoms with Crippen LogP contribution in [0, 0.1) is 6.92 Å². The number of pyridine rings is 1. The second-order valence-electron chi connectivity index (χ2n) is 5.85. The van der Waals surface area contributed by atoms with Gasteiger partial charge in [0.15, 0.2) is 5.82 Å². The van der Waals surface area contributed by atoms with E-state index in [1.54, 1.807) is 4.90 Å². The molecule has 0 radical (unpaired) electrons. The van der Waals surface area contributed by atoms with Gasteiger partial charge in [0.25, 0.3) is 0 Å². The van der Waals surface area contributed by atoms with Crippen molar-refractivity contribution < 1.29 is 4.79 Å². The predicted octanol–water partition coefficient (Wildman–Crippen LogP) is 3.27. The van der Waals surface area contributed by atoms with E-state index in [4.69, 9.17) is 0 Å². The van der Waals surface area contributed by atoms with E-state index < -0.39 is 0 Å². The van der Waals surface area contributed by atoms with Gasteiger partial charge in [-0.05, 0) is 54.2 Å². The van der Waals surface area contributed by atoms with Crippen molar-refractivity contribution in [2.24, 2.45) is 0 Å². The second-order valence-corrected chi connectivity index (χ2v) is 6.67. The highest BCUT2D eigenvalue weighted by Crippen LogP contribution is 2.41. The van der Waals surface area contributed by atoms with Crippen molar-refractivity contribution >= 4 is 33.3 Å². The van der Waals surface area contributed by atoms with Crippen molar-refractivity contribution in [1.82, 2.24) is 4.98 Å². The van der Waals surface area contributed by atoms with Crippen LogP contribution in [0.1, 0.15) is 38.2 Å². The van der Waals surface area contributed by atoms with Gasteiger partial charge in [0.1, 0.15) is 10.6 Å². The lowest BCUT2D eigenvalue weighted by Crippen LogP contribution is -2.54. The molecule has 4 nitrogen and oxygen atoms in total. The summed E-state index contributed by atoms with van der Waals surface area (Å²) in [7, 11) is 1.85. The first-order chi connectivity index (χ1) is 9.50. The molecule has 1 amide bonds. The summed E-state index contributed by atoms with van der Waals surface area (Å²) >= 11 is 3.49. The maximum absolute atomic E-state index is 12.5. The highest BCUT2D eigenvalue weighted by atomic mass is 79.9. The molecule has 0 spiro atoms. The summed E-state index contributed by atoms with van der Waals surface area (Å²) in [6.45, 7) is 4.04. The lowest BCUT2D eigenvalue weighted by molar-refractivity contribution is -0.119. The van der Waals surface area contributed by atoms with Gasteiger partial charge < -0.3 is 9.80 Å². The lowest BCUT2D eigenvalue weighted by Gasteiger charge is -2.43. The Balaban J connectivity index is 2.15. The number of hydrogen-bond acceptors (Lipinski definition) is 3. The Hall–Kier alpha value is -1.10. The average Bonchev–Trinajstić information content (AvgIpc) is 2.89. The van der Waals surface area contributed by atoms with Gasteiger partial charge in [-0.25, -0.2) is 4.98 Å². The van der Waals surface area contributed by atoms with Crippen LogP contribution in [0.15, 0.2) is 10.7 Å². The maximum Gasteiger partial charge on any atom is 0.249 e. The van der Waals surface area contributed by atoms with Crippen LogP contribution < -0.4 is 9.80 Å². The molecule has 1 aliphatic carbocycles. The molecule has 1 aromatic rings. The lowest BCUT2D eigenvalue weighted by atomic mass is 10.0. The van der Waals surface area contributed by atoms with E-state index in [2.05, 4.69) is 25.8 Å². The molecule has 0 saturated heterocycles. The van der Waals surface area contributed by atoms with Gasteiger partial charge in [-0.3, -0.25) is 4.79 Å². The Morgan fingerprint density at radius 2 is 2.00 bits per heavy atom. The van der Waals surface area contributed by atoms with Crippen LogP contribution >= 0.6 is 15.9 Å². The Morgan fingerprint density at radius 1 is 1.35 bits per heavy atom. The van der Waals surface area contributed by atoms with E-state index in [1.165, 1.54) is 12.8 Å². The number of hydrogen-bond donors (Lipinski definition) is 0. The van der Waals surface area contributed by atoms with Gasteiger partial charge in [0.05, 0.1) is 5.69 Å². The molecule has 1 atom stereocenters. The Morgan fingerprint density at radius 3 is 2.65 bits per heavy atom. The minimum absolute atomic E-state index is 0.128. The number of anilines is 2. The molecule has 1 saturated carbocycles. The molecule has 0 N–H and O–H groups in total. The summed E-state index contributed by atoms with van der Waals surface area (Å²) < 4.78 is 0.840. The molecule has 0 bridgehead atoms. The van der Waals surface area contributed by atoms with Crippen molar-refractivity contribution in [2.45, 2.75) is 51.6 Å². The van der Waals surface area contributed by atoms with Crippen molar-refractivity contribution in [3.05, 3.63) is 16.2 Å². The number of nitrogens with zero attached hydrogens (tertiary/aromatic N) is 3. The van der Waals surface area contributed by atoms with E-state index in [9.17, 15) is 4.79 Å². The molecule has 1 aliphatic heterocycles. The number of rotatable bonds is 1. The van der Waals surface area contributed by atoms with Crippen molar-refractivity contribution in [1.29, 1.82) is 0 Å². The highest BCUT2D eigenvalue weighted by Gasteiger charge is 2.40. The maximum atomic E-state index is 12.5. The molecule has 1 fully saturated rings. The number of aromatic nitrogens is 1. The third-order valence-corrected chi connectivity index (χ3v) is 4.94. The van der Waals surface area contributed by atoms with Crippen LogP contribution in [0.5, 0.6) is 0 Å². The molecule has 1 aromatic heterocycles. The standard InChI is InChI=1S/C15H20BrN3O/c1-9-8-12(16)17-14-13(9)18(3)15(20)10(2)19(14)11-6-4-5-7-11/h8,10-11H,4-7H2,1-3H3. The zero-order valence-electron chi connectivity index (χ0n) is 12.2. The van der Waals surface area contributed by atoms with Crippen LogP contribution in [-0.2, 0) is 4.79 Å². The minimum atomic E-state index is -0.128. The van der Waals surface area contributed by atoms with E-state index in [-0.39, 0.29) is 11.9 Å². The zero-order chi connectivity index (χ0) is 14.4.